The van der Waals surface area contributed by atoms with Gasteiger partial charge in [-0.3, -0.25) is 10.1 Å². The second-order valence-corrected chi connectivity index (χ2v) is 5.04. The molecule has 2 rings (SSSR count). The number of amides is 1. The summed E-state index contributed by atoms with van der Waals surface area (Å²) in [6.07, 6.45) is 1.55. The number of nitrogens with one attached hydrogen (secondary N) is 1. The number of hydrogen-bond acceptors (Lipinski definition) is 6. The molecule has 2 heterocycles. The molecule has 3 N–H and O–H groups in total. The zero-order valence-corrected chi connectivity index (χ0v) is 10.2. The first-order valence-corrected chi connectivity index (χ1v) is 5.76. The Bertz CT molecular complexity index is 513. The zero-order valence-electron chi connectivity index (χ0n) is 9.43. The van der Waals surface area contributed by atoms with Gasteiger partial charge in [-0.25, -0.2) is 0 Å². The van der Waals surface area contributed by atoms with Crippen LogP contribution < -0.4 is 11.1 Å². The van der Waals surface area contributed by atoms with E-state index in [-0.39, 0.29) is 5.91 Å². The smallest absolute Gasteiger partial charge is 0.245 e. The quantitative estimate of drug-likeness (QED) is 0.862. The van der Waals surface area contributed by atoms with Crippen LogP contribution in [0.5, 0.6) is 0 Å². The number of nitrogens with zero attached hydrogens (tertiary/aromatic N) is 2. The summed E-state index contributed by atoms with van der Waals surface area (Å²) >= 11 is 1.23. The van der Waals surface area contributed by atoms with Crippen LogP contribution in [0.2, 0.25) is 0 Å². The van der Waals surface area contributed by atoms with Crippen molar-refractivity contribution in [2.75, 3.05) is 5.32 Å². The molecule has 0 saturated heterocycles. The largest absolute Gasteiger partial charge is 0.462 e. The van der Waals surface area contributed by atoms with Crippen LogP contribution in [-0.4, -0.2) is 21.6 Å². The summed E-state index contributed by atoms with van der Waals surface area (Å²) < 4.78 is 5.18. The number of anilines is 1. The number of rotatable bonds is 3. The Kier molecular flexibility index (Phi) is 2.95. The number of furan rings is 1. The van der Waals surface area contributed by atoms with Gasteiger partial charge in [0.25, 0.3) is 0 Å². The molecule has 0 bridgehead atoms. The monoisotopic (exact) mass is 252 g/mol. The number of aromatic nitrogens is 2. The highest BCUT2D eigenvalue weighted by Crippen LogP contribution is 2.26. The molecule has 1 amide bonds. The number of carbonyl (C=O) groups is 1. The van der Waals surface area contributed by atoms with Crippen LogP contribution in [-0.2, 0) is 4.79 Å². The van der Waals surface area contributed by atoms with Gasteiger partial charge in [0.15, 0.2) is 10.8 Å². The highest BCUT2D eigenvalue weighted by atomic mass is 32.1. The minimum absolute atomic E-state index is 0.306. The van der Waals surface area contributed by atoms with Gasteiger partial charge in [0, 0.05) is 0 Å². The van der Waals surface area contributed by atoms with E-state index < -0.39 is 5.54 Å². The van der Waals surface area contributed by atoms with Crippen LogP contribution >= 0.6 is 11.3 Å². The molecular weight excluding hydrogens is 240 g/mol. The van der Waals surface area contributed by atoms with Crippen molar-refractivity contribution in [3.05, 3.63) is 18.4 Å². The molecular formula is C10H12N4O2S. The van der Waals surface area contributed by atoms with Gasteiger partial charge in [-0.1, -0.05) is 11.3 Å². The first kappa shape index (κ1) is 11.7. The minimum Gasteiger partial charge on any atom is -0.462 e. The van der Waals surface area contributed by atoms with Crippen LogP contribution in [0.25, 0.3) is 10.8 Å². The lowest BCUT2D eigenvalue weighted by Crippen LogP contribution is -2.45. The molecule has 0 unspecified atom stereocenters. The molecule has 6 nitrogen and oxygen atoms in total. The molecule has 0 radical (unpaired) electrons. The van der Waals surface area contributed by atoms with Gasteiger partial charge in [-0.05, 0) is 26.0 Å². The highest BCUT2D eigenvalue weighted by molar-refractivity contribution is 7.18. The number of hydrogen-bond donors (Lipinski definition) is 2. The normalized spacial score (nSPS) is 11.5. The van der Waals surface area contributed by atoms with Gasteiger partial charge in [-0.15, -0.1) is 10.2 Å². The molecule has 0 atom stereocenters. The van der Waals surface area contributed by atoms with E-state index in [1.54, 1.807) is 32.2 Å². The third-order valence-corrected chi connectivity index (χ3v) is 2.82. The average Bonchev–Trinajstić information content (AvgIpc) is 2.83. The van der Waals surface area contributed by atoms with Gasteiger partial charge >= 0.3 is 0 Å². The van der Waals surface area contributed by atoms with Crippen LogP contribution in [0.1, 0.15) is 13.8 Å². The lowest BCUT2D eigenvalue weighted by Gasteiger charge is -2.15. The molecule has 7 heteroatoms. The van der Waals surface area contributed by atoms with E-state index in [1.807, 2.05) is 0 Å². The summed E-state index contributed by atoms with van der Waals surface area (Å²) in [5.74, 6) is 0.314. The molecule has 17 heavy (non-hydrogen) atoms. The Hall–Kier alpha value is -1.73. The fourth-order valence-electron chi connectivity index (χ4n) is 1.03. The summed E-state index contributed by atoms with van der Waals surface area (Å²) in [5, 5.41) is 11.4. The maximum absolute atomic E-state index is 11.6. The number of nitrogens with two attached hydrogens (primary N) is 1. The molecule has 0 aliphatic rings. The van der Waals surface area contributed by atoms with Crippen molar-refractivity contribution in [1.82, 2.24) is 10.2 Å². The van der Waals surface area contributed by atoms with Crippen molar-refractivity contribution in [2.24, 2.45) is 5.73 Å². The van der Waals surface area contributed by atoms with Crippen LogP contribution in [0.15, 0.2) is 22.8 Å². The van der Waals surface area contributed by atoms with Crippen LogP contribution in [0.3, 0.4) is 0 Å². The first-order valence-electron chi connectivity index (χ1n) is 4.94. The summed E-state index contributed by atoms with van der Waals surface area (Å²) in [7, 11) is 0. The first-order chi connectivity index (χ1) is 7.97. The zero-order chi connectivity index (χ0) is 12.5. The molecule has 2 aromatic heterocycles. The average molecular weight is 252 g/mol. The van der Waals surface area contributed by atoms with E-state index in [2.05, 4.69) is 15.5 Å². The molecule has 0 fully saturated rings. The second kappa shape index (κ2) is 4.27. The predicted octanol–water partition coefficient (Wildman–Crippen LogP) is 1.47. The van der Waals surface area contributed by atoms with Gasteiger partial charge in [0.2, 0.25) is 11.0 Å². The molecule has 90 valence electrons. The lowest BCUT2D eigenvalue weighted by atomic mass is 10.1. The summed E-state index contributed by atoms with van der Waals surface area (Å²) in [6.45, 7) is 3.24. The van der Waals surface area contributed by atoms with Crippen LogP contribution in [0.4, 0.5) is 5.13 Å². The Morgan fingerprint density at radius 2 is 2.29 bits per heavy atom. The fourth-order valence-corrected chi connectivity index (χ4v) is 1.74. The van der Waals surface area contributed by atoms with Gasteiger partial charge in [0.05, 0.1) is 11.8 Å². The maximum Gasteiger partial charge on any atom is 0.245 e. The molecule has 0 aliphatic carbocycles. The summed E-state index contributed by atoms with van der Waals surface area (Å²) in [5.41, 5.74) is 4.71. The Morgan fingerprint density at radius 1 is 1.53 bits per heavy atom. The molecule has 0 aliphatic heterocycles. The summed E-state index contributed by atoms with van der Waals surface area (Å²) in [4.78, 5) is 11.6. The fraction of sp³-hybridized carbons (Fsp3) is 0.300. The minimum atomic E-state index is -0.948. The standard InChI is InChI=1S/C10H12N4O2S/c1-10(2,11)8(15)12-9-14-13-7(17-9)6-4-3-5-16-6/h3-5H,11H2,1-2H3,(H,12,14,15). The molecule has 0 aromatic carbocycles. The van der Waals surface area contributed by atoms with E-state index in [9.17, 15) is 4.79 Å². The maximum atomic E-state index is 11.6. The van der Waals surface area contributed by atoms with E-state index >= 15 is 0 Å². The van der Waals surface area contributed by atoms with Gasteiger partial charge in [-0.2, -0.15) is 0 Å². The predicted molar refractivity (Wildman–Crippen MR) is 64.5 cm³/mol. The van der Waals surface area contributed by atoms with E-state index in [0.29, 0.717) is 15.9 Å². The Labute approximate surface area is 102 Å². The number of carbonyl (C=O) groups excluding carboxylic acids is 1. The lowest BCUT2D eigenvalue weighted by molar-refractivity contribution is -0.120. The summed E-state index contributed by atoms with van der Waals surface area (Å²) in [6, 6.07) is 3.54. The van der Waals surface area contributed by atoms with Gasteiger partial charge < -0.3 is 10.2 Å². The molecule has 0 saturated carbocycles. The van der Waals surface area contributed by atoms with Crippen molar-refractivity contribution in [1.29, 1.82) is 0 Å². The van der Waals surface area contributed by atoms with Crippen molar-refractivity contribution >= 4 is 22.4 Å². The third-order valence-electron chi connectivity index (χ3n) is 1.96. The molecule has 2 aromatic rings. The molecule has 0 spiro atoms. The second-order valence-electron chi connectivity index (χ2n) is 4.07. The van der Waals surface area contributed by atoms with E-state index in [1.165, 1.54) is 11.3 Å². The van der Waals surface area contributed by atoms with Crippen molar-refractivity contribution in [3.8, 4) is 10.8 Å². The van der Waals surface area contributed by atoms with Crippen molar-refractivity contribution in [3.63, 3.8) is 0 Å². The SMILES string of the molecule is CC(C)(N)C(=O)Nc1nnc(-c2ccco2)s1. The Morgan fingerprint density at radius 3 is 2.88 bits per heavy atom. The van der Waals surface area contributed by atoms with E-state index in [4.69, 9.17) is 10.2 Å². The van der Waals surface area contributed by atoms with Crippen LogP contribution in [0, 0.1) is 0 Å². The third kappa shape index (κ3) is 2.69. The van der Waals surface area contributed by atoms with Crippen molar-refractivity contribution in [2.45, 2.75) is 19.4 Å². The Balaban J connectivity index is 2.12. The topological polar surface area (TPSA) is 94.0 Å². The van der Waals surface area contributed by atoms with Gasteiger partial charge in [0.1, 0.15) is 0 Å². The van der Waals surface area contributed by atoms with E-state index in [0.717, 1.165) is 0 Å². The highest BCUT2D eigenvalue weighted by Gasteiger charge is 2.23. The van der Waals surface area contributed by atoms with Crippen molar-refractivity contribution < 1.29 is 9.21 Å².